The first kappa shape index (κ1) is 18.8. The van der Waals surface area contributed by atoms with E-state index in [1.165, 1.54) is 0 Å². The highest BCUT2D eigenvalue weighted by molar-refractivity contribution is 9.10. The van der Waals surface area contributed by atoms with Crippen molar-refractivity contribution in [3.63, 3.8) is 0 Å². The maximum Gasteiger partial charge on any atom is 0.320 e. The topological polar surface area (TPSA) is 102 Å². The summed E-state index contributed by atoms with van der Waals surface area (Å²) in [5, 5.41) is 25.5. The van der Waals surface area contributed by atoms with Gasteiger partial charge in [0.1, 0.15) is 20.0 Å². The van der Waals surface area contributed by atoms with E-state index in [-0.39, 0.29) is 33.2 Å². The van der Waals surface area contributed by atoms with Crippen molar-refractivity contribution in [1.82, 2.24) is 0 Å². The third-order valence-electron chi connectivity index (χ3n) is 1.24. The number of nitro groups is 1. The summed E-state index contributed by atoms with van der Waals surface area (Å²) in [6.07, 6.45) is 1.75. The zero-order chi connectivity index (χ0) is 13.7. The monoisotopic (exact) mass is 315 g/mol. The Bertz CT molecular complexity index is 206. The van der Waals surface area contributed by atoms with E-state index in [0.29, 0.717) is 0 Å². The molecule has 0 radical (unpaired) electrons. The Morgan fingerprint density at radius 3 is 2.00 bits per heavy atom. The van der Waals surface area contributed by atoms with Gasteiger partial charge in [0, 0.05) is 20.9 Å². The van der Waals surface area contributed by atoms with Crippen LogP contribution in [0, 0.1) is 10.1 Å². The summed E-state index contributed by atoms with van der Waals surface area (Å²) in [5.74, 6) is 0. The lowest BCUT2D eigenvalue weighted by molar-refractivity contribution is -0.552. The van der Waals surface area contributed by atoms with Crippen LogP contribution in [0.5, 0.6) is 0 Å². The largest absolute Gasteiger partial charge is 0.394 e. The normalized spacial score (nSPS) is 16.7. The number of hydrogen-bond acceptors (Lipinski definition) is 6. The molecule has 7 nitrogen and oxygen atoms in total. The molecule has 102 valence electrons. The highest BCUT2D eigenvalue weighted by Crippen LogP contribution is 2.22. The van der Waals surface area contributed by atoms with Gasteiger partial charge in [0.25, 0.3) is 0 Å². The zero-order valence-corrected chi connectivity index (χ0v) is 11.3. The van der Waals surface area contributed by atoms with Gasteiger partial charge in [-0.15, -0.1) is 6.58 Å². The van der Waals surface area contributed by atoms with E-state index in [0.717, 1.165) is 0 Å². The Morgan fingerprint density at radius 2 is 1.82 bits per heavy atom. The first-order chi connectivity index (χ1) is 7.98. The zero-order valence-electron chi connectivity index (χ0n) is 9.67. The highest BCUT2D eigenvalue weighted by atomic mass is 79.9. The quantitative estimate of drug-likeness (QED) is 0.253. The average molecular weight is 316 g/mol. The summed E-state index contributed by atoms with van der Waals surface area (Å²) in [6, 6.07) is 0. The second-order valence-corrected chi connectivity index (χ2v) is 4.32. The maximum atomic E-state index is 10.3. The fourth-order valence-electron chi connectivity index (χ4n) is 0.602. The van der Waals surface area contributed by atoms with Crippen LogP contribution in [-0.2, 0) is 9.47 Å². The van der Waals surface area contributed by atoms with Crippen LogP contribution in [-0.4, -0.2) is 52.8 Å². The van der Waals surface area contributed by atoms with Crippen LogP contribution in [0.1, 0.15) is 6.92 Å². The van der Waals surface area contributed by atoms with Crippen molar-refractivity contribution < 1.29 is 24.6 Å². The Balaban J connectivity index is 0. The van der Waals surface area contributed by atoms with Gasteiger partial charge in [-0.1, -0.05) is 6.08 Å². The minimum Gasteiger partial charge on any atom is -0.394 e. The fourth-order valence-corrected chi connectivity index (χ4v) is 0.926. The molecular weight excluding hydrogens is 298 g/mol. The van der Waals surface area contributed by atoms with Crippen LogP contribution < -0.4 is 0 Å². The van der Waals surface area contributed by atoms with Crippen LogP contribution in [0.25, 0.3) is 0 Å². The molecular formula is C9H18BrNO6. The van der Waals surface area contributed by atoms with Gasteiger partial charge in [-0.3, -0.25) is 10.1 Å². The van der Waals surface area contributed by atoms with Gasteiger partial charge < -0.3 is 19.7 Å². The summed E-state index contributed by atoms with van der Waals surface area (Å²) < 4.78 is 8.24. The third kappa shape index (κ3) is 10.3. The van der Waals surface area contributed by atoms with Crippen molar-refractivity contribution in [1.29, 1.82) is 0 Å². The van der Waals surface area contributed by atoms with E-state index in [1.54, 1.807) is 6.08 Å². The molecule has 0 bridgehead atoms. The van der Waals surface area contributed by atoms with Crippen molar-refractivity contribution in [2.75, 3.05) is 33.2 Å². The Morgan fingerprint density at radius 1 is 1.47 bits per heavy atom. The number of alkyl halides is 1. The summed E-state index contributed by atoms with van der Waals surface area (Å²) >= 11 is 2.91. The molecule has 0 aromatic heterocycles. The molecule has 1 fully saturated rings. The van der Waals surface area contributed by atoms with Crippen LogP contribution in [0.3, 0.4) is 0 Å². The van der Waals surface area contributed by atoms with Gasteiger partial charge in [-0.2, -0.15) is 0 Å². The van der Waals surface area contributed by atoms with Crippen molar-refractivity contribution in [3.8, 4) is 0 Å². The Labute approximate surface area is 108 Å². The molecule has 0 saturated carbocycles. The number of hydrogen-bond donors (Lipinski definition) is 2. The first-order valence-corrected chi connectivity index (χ1v) is 5.55. The van der Waals surface area contributed by atoms with Crippen LogP contribution in [0.15, 0.2) is 12.7 Å². The summed E-state index contributed by atoms with van der Waals surface area (Å²) in [5.41, 5.74) is 0. The molecule has 0 aromatic carbocycles. The molecule has 1 rings (SSSR count). The van der Waals surface area contributed by atoms with E-state index in [4.69, 9.17) is 19.7 Å². The smallest absolute Gasteiger partial charge is 0.320 e. The Kier molecular flexibility index (Phi) is 13.2. The maximum absolute atomic E-state index is 10.3. The van der Waals surface area contributed by atoms with Gasteiger partial charge >= 0.3 is 4.45 Å². The van der Waals surface area contributed by atoms with E-state index in [9.17, 15) is 10.1 Å². The van der Waals surface area contributed by atoms with E-state index >= 15 is 0 Å². The van der Waals surface area contributed by atoms with Crippen LogP contribution >= 0.6 is 15.9 Å². The van der Waals surface area contributed by atoms with Crippen molar-refractivity contribution in [3.05, 3.63) is 22.8 Å². The van der Waals surface area contributed by atoms with Crippen LogP contribution in [0.2, 0.25) is 0 Å². The predicted molar refractivity (Wildman–Crippen MR) is 65.5 cm³/mol. The molecule has 1 heterocycles. The second-order valence-electron chi connectivity index (χ2n) is 2.85. The number of nitrogens with zero attached hydrogens (tertiary/aromatic N) is 1. The van der Waals surface area contributed by atoms with Gasteiger partial charge in [0.2, 0.25) is 0 Å². The Hall–Kier alpha value is -0.540. The molecule has 0 atom stereocenters. The first-order valence-electron chi connectivity index (χ1n) is 4.76. The lowest BCUT2D eigenvalue weighted by atomic mass is 10.3. The van der Waals surface area contributed by atoms with E-state index in [2.05, 4.69) is 22.5 Å². The van der Waals surface area contributed by atoms with Gasteiger partial charge in [-0.25, -0.2) is 0 Å². The molecule has 1 aliphatic heterocycles. The van der Waals surface area contributed by atoms with Crippen LogP contribution in [0.4, 0.5) is 0 Å². The molecule has 0 aromatic rings. The molecule has 1 aliphatic rings. The SMILES string of the molecule is C=CC.O=[N+]([O-])C1(Br)COCOC1.OCCO. The minimum atomic E-state index is -1.23. The molecule has 0 aliphatic carbocycles. The lowest BCUT2D eigenvalue weighted by Gasteiger charge is -2.23. The third-order valence-corrected chi connectivity index (χ3v) is 1.99. The number of ether oxygens (including phenoxy) is 2. The predicted octanol–water partition coefficient (Wildman–Crippen LogP) is 0.522. The molecule has 0 spiro atoms. The molecule has 8 heteroatoms. The molecule has 2 N–H and O–H groups in total. The van der Waals surface area contributed by atoms with Crippen molar-refractivity contribution >= 4 is 15.9 Å². The van der Waals surface area contributed by atoms with E-state index < -0.39 is 9.37 Å². The number of allylic oxidation sites excluding steroid dienone is 1. The highest BCUT2D eigenvalue weighted by Gasteiger charge is 2.43. The average Bonchev–Trinajstić information content (AvgIpc) is 2.31. The summed E-state index contributed by atoms with van der Waals surface area (Å²) in [7, 11) is 0. The minimum absolute atomic E-state index is 0.0556. The number of aliphatic hydroxyl groups is 2. The van der Waals surface area contributed by atoms with Gasteiger partial charge in [-0.05, 0) is 6.92 Å². The number of aliphatic hydroxyl groups excluding tert-OH is 2. The molecule has 17 heavy (non-hydrogen) atoms. The fraction of sp³-hybridized carbons (Fsp3) is 0.778. The summed E-state index contributed by atoms with van der Waals surface area (Å²) in [4.78, 5) is 9.82. The number of halogens is 1. The van der Waals surface area contributed by atoms with Crippen molar-refractivity contribution in [2.45, 2.75) is 11.4 Å². The van der Waals surface area contributed by atoms with Crippen molar-refractivity contribution in [2.24, 2.45) is 0 Å². The number of rotatable bonds is 2. The molecule has 0 unspecified atom stereocenters. The molecule has 0 amide bonds. The lowest BCUT2D eigenvalue weighted by Crippen LogP contribution is -2.45. The standard InChI is InChI=1S/C4H6BrNO4.C3H6.C2H6O2/c5-4(6(7)8)1-9-3-10-2-4;1-3-2;3-1-2-4/h1-3H2;3H,1H2,2H3;3-4H,1-2H2. The summed E-state index contributed by atoms with van der Waals surface area (Å²) in [6.45, 7) is 5.25. The molecule has 1 saturated heterocycles. The van der Waals surface area contributed by atoms with Gasteiger partial charge in [0.15, 0.2) is 0 Å². The van der Waals surface area contributed by atoms with Gasteiger partial charge in [0.05, 0.1) is 13.2 Å². The van der Waals surface area contributed by atoms with E-state index in [1.807, 2.05) is 6.92 Å². The second kappa shape index (κ2) is 11.9.